The summed E-state index contributed by atoms with van der Waals surface area (Å²) in [6.07, 6.45) is -8.81. The fourth-order valence-electron chi connectivity index (χ4n) is 6.94. The summed E-state index contributed by atoms with van der Waals surface area (Å²) in [5, 5.41) is 5.69. The molecule has 3 aromatic carbocycles. The van der Waals surface area contributed by atoms with Crippen LogP contribution >= 0.6 is 0 Å². The van der Waals surface area contributed by atoms with Gasteiger partial charge in [-0.2, -0.15) is 30.4 Å². The first kappa shape index (κ1) is 31.9. The number of esters is 1. The molecule has 0 amide bonds. The largest absolute Gasteiger partial charge is 0.550 e. The summed E-state index contributed by atoms with van der Waals surface area (Å²) in [5.41, 5.74) is -2.84. The summed E-state index contributed by atoms with van der Waals surface area (Å²) in [6.45, 7) is 0. The second-order valence-electron chi connectivity index (χ2n) is 10.9. The third-order valence-corrected chi connectivity index (χ3v) is 11.6. The predicted molar refractivity (Wildman–Crippen MR) is 145 cm³/mol. The highest BCUT2D eigenvalue weighted by molar-refractivity contribution is 7.97. The molecule has 2 saturated carbocycles. The first-order valence-electron chi connectivity index (χ1n) is 13.3. The minimum absolute atomic E-state index is 0.0146. The third kappa shape index (κ3) is 5.47. The summed E-state index contributed by atoms with van der Waals surface area (Å²) in [6, 6.07) is 32.2. The molecule has 3 aliphatic rings. The van der Waals surface area contributed by atoms with Gasteiger partial charge in [0.1, 0.15) is 12.0 Å². The zero-order valence-corrected chi connectivity index (χ0v) is 24.2. The van der Waals surface area contributed by atoms with Crippen LogP contribution in [-0.2, 0) is 35.3 Å². The van der Waals surface area contributed by atoms with Crippen LogP contribution in [0.5, 0.6) is 0 Å². The molecule has 2 aliphatic carbocycles. The molecule has 6 atom stereocenters. The molecular weight excluding hydrogens is 631 g/mol. The number of fused-ring (bicyclic) bond motifs is 1. The molecule has 0 radical (unpaired) electrons. The molecule has 6 rings (SSSR count). The number of hydrogen-bond acceptors (Lipinski definition) is 6. The molecule has 6 unspecified atom stereocenters. The van der Waals surface area contributed by atoms with Gasteiger partial charge in [-0.05, 0) is 49.2 Å². The van der Waals surface area contributed by atoms with E-state index in [0.29, 0.717) is 0 Å². The van der Waals surface area contributed by atoms with Crippen LogP contribution in [0.15, 0.2) is 106 Å². The highest BCUT2D eigenvalue weighted by Crippen LogP contribution is 2.71. The van der Waals surface area contributed by atoms with E-state index in [9.17, 15) is 45.1 Å². The molecule has 1 aliphatic heterocycles. The lowest BCUT2D eigenvalue weighted by Gasteiger charge is -2.45. The molecule has 1 heterocycles. The van der Waals surface area contributed by atoms with Crippen LogP contribution in [0.3, 0.4) is 0 Å². The van der Waals surface area contributed by atoms with Crippen molar-refractivity contribution in [2.24, 2.45) is 29.1 Å². The van der Waals surface area contributed by atoms with Crippen LogP contribution in [0.1, 0.15) is 12.8 Å². The van der Waals surface area contributed by atoms with Crippen molar-refractivity contribution in [3.63, 3.8) is 0 Å². The Balaban J connectivity index is 0.000000181. The Hall–Kier alpha value is -3.49. The Bertz CT molecular complexity index is 1520. The first-order chi connectivity index (χ1) is 20.6. The maximum atomic E-state index is 14.1. The van der Waals surface area contributed by atoms with E-state index in [-0.39, 0.29) is 10.9 Å². The van der Waals surface area contributed by atoms with Crippen LogP contribution in [0.4, 0.5) is 22.0 Å². The van der Waals surface area contributed by atoms with Crippen molar-refractivity contribution >= 4 is 33.0 Å². The lowest BCUT2D eigenvalue weighted by atomic mass is 9.63. The summed E-state index contributed by atoms with van der Waals surface area (Å²) in [7, 11) is -6.54. The molecular formula is C30H25F5O7S2. The first-order valence-corrected chi connectivity index (χ1v) is 16.0. The number of aliphatic carboxylic acids is 1. The van der Waals surface area contributed by atoms with Crippen LogP contribution < -0.4 is 5.11 Å². The Morgan fingerprint density at radius 1 is 0.864 bits per heavy atom. The van der Waals surface area contributed by atoms with E-state index >= 15 is 0 Å². The van der Waals surface area contributed by atoms with Crippen molar-refractivity contribution in [1.82, 2.24) is 0 Å². The van der Waals surface area contributed by atoms with Gasteiger partial charge >= 0.3 is 27.5 Å². The van der Waals surface area contributed by atoms with Gasteiger partial charge in [0.05, 0.1) is 16.8 Å². The summed E-state index contributed by atoms with van der Waals surface area (Å²) in [5.74, 6) is -12.3. The average Bonchev–Trinajstić information content (AvgIpc) is 3.53. The van der Waals surface area contributed by atoms with Crippen molar-refractivity contribution in [3.05, 3.63) is 91.0 Å². The number of carbonyl (C=O) groups is 2. The van der Waals surface area contributed by atoms with Crippen LogP contribution in [0, 0.1) is 29.1 Å². The molecule has 1 N–H and O–H groups in total. The van der Waals surface area contributed by atoms with E-state index in [0.717, 1.165) is 0 Å². The second-order valence-corrected chi connectivity index (χ2v) is 14.4. The summed E-state index contributed by atoms with van der Waals surface area (Å²) in [4.78, 5) is 27.2. The second kappa shape index (κ2) is 11.5. The number of carbonyl (C=O) groups excluding carboxylic acids is 2. The Kier molecular flexibility index (Phi) is 8.31. The third-order valence-electron chi connectivity index (χ3n) is 8.43. The molecule has 1 saturated heterocycles. The van der Waals surface area contributed by atoms with Crippen molar-refractivity contribution in [3.8, 4) is 0 Å². The van der Waals surface area contributed by atoms with Gasteiger partial charge in [0.2, 0.25) is 0 Å². The normalized spacial score (nSPS) is 26.6. The van der Waals surface area contributed by atoms with Gasteiger partial charge < -0.3 is 14.6 Å². The number of carboxylic acids is 1. The molecule has 0 spiro atoms. The highest BCUT2D eigenvalue weighted by Gasteiger charge is 2.80. The fourth-order valence-corrected chi connectivity index (χ4v) is 9.71. The Morgan fingerprint density at radius 3 is 1.66 bits per heavy atom. The molecule has 234 valence electrons. The standard InChI is InChI=1S/C18H15S.C12H11F5O7S/c1-4-10-16(11-5-1)19(17-12-6-2-7-13-17)18-14-8-3-9-15-18;13-11(14,15)9(12(16,17)25(21,22)23)10-1-3-4(2-10)24-8(20)5(3)6(10)7(18)19/h1-15H;3-6,9H,1-2H2,(H,18,19)(H,21,22,23)/q+1;/p-1. The van der Waals surface area contributed by atoms with E-state index in [1.54, 1.807) is 0 Å². The maximum Gasteiger partial charge on any atom is 0.399 e. The monoisotopic (exact) mass is 656 g/mol. The maximum absolute atomic E-state index is 14.1. The van der Waals surface area contributed by atoms with Gasteiger partial charge in [0.15, 0.2) is 14.7 Å². The van der Waals surface area contributed by atoms with Gasteiger partial charge in [0, 0.05) is 23.2 Å². The quantitative estimate of drug-likeness (QED) is 0.169. The lowest BCUT2D eigenvalue weighted by Crippen LogP contribution is -2.59. The average molecular weight is 657 g/mol. The Labute approximate surface area is 252 Å². The molecule has 44 heavy (non-hydrogen) atoms. The molecule has 3 fully saturated rings. The highest BCUT2D eigenvalue weighted by atomic mass is 32.2. The number of halogens is 5. The van der Waals surface area contributed by atoms with E-state index in [1.165, 1.54) is 14.7 Å². The van der Waals surface area contributed by atoms with Gasteiger partial charge in [-0.3, -0.25) is 9.35 Å². The lowest BCUT2D eigenvalue weighted by molar-refractivity contribution is -0.324. The topological polar surface area (TPSA) is 121 Å². The van der Waals surface area contributed by atoms with Gasteiger partial charge in [-0.25, -0.2) is 0 Å². The van der Waals surface area contributed by atoms with Crippen LogP contribution in [0.25, 0.3) is 0 Å². The van der Waals surface area contributed by atoms with Gasteiger partial charge in [-0.15, -0.1) is 0 Å². The number of carboxylic acid groups (broad SMARTS) is 1. The smallest absolute Gasteiger partial charge is 0.399 e. The number of hydrogen-bond donors (Lipinski definition) is 1. The Morgan fingerprint density at radius 2 is 1.30 bits per heavy atom. The van der Waals surface area contributed by atoms with Crippen LogP contribution in [-0.4, -0.2) is 42.4 Å². The van der Waals surface area contributed by atoms with Gasteiger partial charge in [-0.1, -0.05) is 54.6 Å². The van der Waals surface area contributed by atoms with E-state index in [4.69, 9.17) is 9.29 Å². The van der Waals surface area contributed by atoms with Gasteiger partial charge in [0.25, 0.3) is 0 Å². The van der Waals surface area contributed by atoms with Crippen molar-refractivity contribution in [2.45, 2.75) is 45.1 Å². The number of ether oxygens (including phenoxy) is 1. The number of rotatable bonds is 7. The van der Waals surface area contributed by atoms with Crippen molar-refractivity contribution in [1.29, 1.82) is 0 Å². The van der Waals surface area contributed by atoms with E-state index in [1.807, 2.05) is 0 Å². The fraction of sp³-hybridized carbons (Fsp3) is 0.333. The predicted octanol–water partition coefficient (Wildman–Crippen LogP) is 4.75. The molecule has 14 heteroatoms. The zero-order chi connectivity index (χ0) is 32.1. The number of alkyl halides is 5. The number of benzene rings is 3. The molecule has 7 nitrogen and oxygen atoms in total. The SMILES string of the molecule is O=C1OC2CC3(C(C(F)(F)F)C(F)(F)S(=O)(=O)O)CC2C1C3C(=O)[O-].c1ccc([S+](c2ccccc2)c2ccccc2)cc1. The molecule has 0 aromatic heterocycles. The summed E-state index contributed by atoms with van der Waals surface area (Å²) < 4.78 is 104. The zero-order valence-electron chi connectivity index (χ0n) is 22.6. The molecule has 2 bridgehead atoms. The minimum atomic E-state index is -6.52. The minimum Gasteiger partial charge on any atom is -0.550 e. The van der Waals surface area contributed by atoms with Crippen molar-refractivity contribution < 1.29 is 54.4 Å². The van der Waals surface area contributed by atoms with E-state index in [2.05, 4.69) is 91.0 Å². The van der Waals surface area contributed by atoms with Crippen LogP contribution in [0.2, 0.25) is 0 Å². The van der Waals surface area contributed by atoms with E-state index < -0.39 is 81.5 Å². The van der Waals surface area contributed by atoms with Crippen molar-refractivity contribution in [2.75, 3.05) is 0 Å². The molecule has 3 aromatic rings. The summed E-state index contributed by atoms with van der Waals surface area (Å²) >= 11 is 0.